The van der Waals surface area contributed by atoms with Crippen molar-refractivity contribution in [2.75, 3.05) is 23.3 Å². The van der Waals surface area contributed by atoms with Crippen molar-refractivity contribution in [1.82, 2.24) is 5.32 Å². The summed E-state index contributed by atoms with van der Waals surface area (Å²) >= 11 is 23.7. The molecule has 1 amide bonds. The number of furan rings is 1. The molecule has 0 saturated carbocycles. The number of benzene rings is 2. The lowest BCUT2D eigenvalue weighted by Crippen LogP contribution is -2.33. The summed E-state index contributed by atoms with van der Waals surface area (Å²) in [5.74, 6) is 0.142. The molecule has 0 spiro atoms. The number of anilines is 2. The number of rotatable bonds is 4. The van der Waals surface area contributed by atoms with Gasteiger partial charge in [0.05, 0.1) is 20.8 Å². The van der Waals surface area contributed by atoms with E-state index in [1.807, 2.05) is 12.1 Å². The molecule has 1 aromatic heterocycles. The smallest absolute Gasteiger partial charge is 0.293 e. The first-order valence-corrected chi connectivity index (χ1v) is 11.2. The predicted octanol–water partition coefficient (Wildman–Crippen LogP) is 6.63. The van der Waals surface area contributed by atoms with E-state index in [4.69, 9.17) is 51.4 Å². The summed E-state index contributed by atoms with van der Waals surface area (Å²) in [4.78, 5) is 14.8. The van der Waals surface area contributed by atoms with Gasteiger partial charge in [0.2, 0.25) is 0 Å². The maximum Gasteiger partial charge on any atom is 0.293 e. The van der Waals surface area contributed by atoms with Crippen LogP contribution in [-0.2, 0) is 0 Å². The second kappa shape index (κ2) is 9.49. The first-order valence-electron chi connectivity index (χ1n) is 9.63. The normalized spacial score (nSPS) is 13.3. The van der Waals surface area contributed by atoms with E-state index in [0.717, 1.165) is 18.8 Å². The fourth-order valence-electron chi connectivity index (χ4n) is 3.39. The Balaban J connectivity index is 1.39. The molecule has 9 heteroatoms. The average molecular weight is 495 g/mol. The number of carbonyl (C=O) groups is 1. The van der Waals surface area contributed by atoms with Gasteiger partial charge in [0.25, 0.3) is 5.91 Å². The molecule has 4 rings (SSSR count). The zero-order valence-corrected chi connectivity index (χ0v) is 19.3. The Morgan fingerprint density at radius 2 is 1.71 bits per heavy atom. The van der Waals surface area contributed by atoms with E-state index in [-0.39, 0.29) is 10.9 Å². The highest BCUT2D eigenvalue weighted by Crippen LogP contribution is 2.31. The molecule has 1 aliphatic rings. The van der Waals surface area contributed by atoms with E-state index in [2.05, 4.69) is 15.5 Å². The van der Waals surface area contributed by atoms with Gasteiger partial charge < -0.3 is 14.6 Å². The Kier molecular flexibility index (Phi) is 6.72. The molecule has 0 bridgehead atoms. The lowest BCUT2D eigenvalue weighted by Gasteiger charge is -2.20. The number of amides is 1. The Morgan fingerprint density at radius 3 is 2.42 bits per heavy atom. The fraction of sp³-hybridized carbons (Fsp3) is 0.182. The minimum absolute atomic E-state index is 0.118. The van der Waals surface area contributed by atoms with E-state index in [9.17, 15) is 4.79 Å². The maximum absolute atomic E-state index is 12.5. The minimum atomic E-state index is -0.469. The van der Waals surface area contributed by atoms with Crippen molar-refractivity contribution in [3.8, 4) is 11.3 Å². The monoisotopic (exact) mass is 493 g/mol. The maximum atomic E-state index is 12.5. The third-order valence-electron chi connectivity index (χ3n) is 4.91. The van der Waals surface area contributed by atoms with Gasteiger partial charge >= 0.3 is 0 Å². The quantitative estimate of drug-likeness (QED) is 0.398. The highest BCUT2D eigenvalue weighted by Gasteiger charge is 2.17. The molecular formula is C22H18Cl3N3O2S. The Morgan fingerprint density at radius 1 is 0.935 bits per heavy atom. The van der Waals surface area contributed by atoms with Crippen LogP contribution < -0.4 is 15.5 Å². The van der Waals surface area contributed by atoms with E-state index in [1.165, 1.54) is 12.8 Å². The second-order valence-corrected chi connectivity index (χ2v) is 8.69. The Bertz CT molecular complexity index is 1140. The molecule has 31 heavy (non-hydrogen) atoms. The van der Waals surface area contributed by atoms with Crippen LogP contribution in [0.2, 0.25) is 15.1 Å². The molecule has 0 aliphatic carbocycles. The van der Waals surface area contributed by atoms with Crippen LogP contribution in [0.4, 0.5) is 11.4 Å². The van der Waals surface area contributed by atoms with Crippen molar-refractivity contribution in [2.45, 2.75) is 12.8 Å². The van der Waals surface area contributed by atoms with Gasteiger partial charge in [0.15, 0.2) is 10.9 Å². The van der Waals surface area contributed by atoms with E-state index < -0.39 is 5.91 Å². The van der Waals surface area contributed by atoms with Crippen LogP contribution in [0.3, 0.4) is 0 Å². The number of hydrogen-bond donors (Lipinski definition) is 2. The van der Waals surface area contributed by atoms with E-state index in [0.29, 0.717) is 32.1 Å². The van der Waals surface area contributed by atoms with Gasteiger partial charge in [0, 0.05) is 24.3 Å². The van der Waals surface area contributed by atoms with Crippen LogP contribution in [0.25, 0.3) is 11.3 Å². The fourth-order valence-corrected chi connectivity index (χ4v) is 4.20. The first-order chi connectivity index (χ1) is 14.9. The molecule has 0 unspecified atom stereocenters. The molecule has 1 aliphatic heterocycles. The number of nitrogens with zero attached hydrogens (tertiary/aromatic N) is 1. The molecule has 160 valence electrons. The third kappa shape index (κ3) is 5.15. The topological polar surface area (TPSA) is 57.5 Å². The Labute approximate surface area is 200 Å². The second-order valence-electron chi connectivity index (χ2n) is 7.06. The van der Waals surface area contributed by atoms with Crippen molar-refractivity contribution >= 4 is 69.4 Å². The Hall–Kier alpha value is -2.25. The predicted molar refractivity (Wildman–Crippen MR) is 131 cm³/mol. The van der Waals surface area contributed by atoms with Crippen molar-refractivity contribution in [3.05, 3.63) is 69.4 Å². The number of thiocarbonyl (C=S) groups is 1. The highest BCUT2D eigenvalue weighted by molar-refractivity contribution is 7.80. The molecule has 1 saturated heterocycles. The third-order valence-corrected chi connectivity index (χ3v) is 6.16. The van der Waals surface area contributed by atoms with Gasteiger partial charge in [-0.2, -0.15) is 0 Å². The molecule has 0 radical (unpaired) electrons. The summed E-state index contributed by atoms with van der Waals surface area (Å²) < 4.78 is 5.64. The van der Waals surface area contributed by atoms with Crippen molar-refractivity contribution in [3.63, 3.8) is 0 Å². The van der Waals surface area contributed by atoms with Crippen LogP contribution in [0.1, 0.15) is 23.4 Å². The zero-order chi connectivity index (χ0) is 22.0. The molecule has 2 N–H and O–H groups in total. The number of carbonyl (C=O) groups excluding carboxylic acids is 1. The minimum Gasteiger partial charge on any atom is -0.451 e. The standard InChI is InChI=1S/C22H18Cl3N3O2S/c23-15-5-3-13(11-16(15)24)19-7-8-20(30-19)21(29)27-22(31)26-14-4-6-18(17(25)12-14)28-9-1-2-10-28/h3-8,11-12H,1-2,9-10H2,(H2,26,27,29,31). The van der Waals surface area contributed by atoms with E-state index >= 15 is 0 Å². The van der Waals surface area contributed by atoms with Gasteiger partial charge in [-0.25, -0.2) is 0 Å². The van der Waals surface area contributed by atoms with Crippen molar-refractivity contribution < 1.29 is 9.21 Å². The van der Waals surface area contributed by atoms with Crippen LogP contribution >= 0.6 is 47.0 Å². The zero-order valence-electron chi connectivity index (χ0n) is 16.3. The van der Waals surface area contributed by atoms with Crippen LogP contribution in [-0.4, -0.2) is 24.1 Å². The number of halogens is 3. The summed E-state index contributed by atoms with van der Waals surface area (Å²) in [6.45, 7) is 2.02. The van der Waals surface area contributed by atoms with Gasteiger partial charge in [-0.05, 0) is 73.6 Å². The lowest BCUT2D eigenvalue weighted by molar-refractivity contribution is 0.0951. The largest absolute Gasteiger partial charge is 0.451 e. The number of hydrogen-bond acceptors (Lipinski definition) is 4. The molecule has 2 aromatic carbocycles. The summed E-state index contributed by atoms with van der Waals surface area (Å²) in [5, 5.41) is 7.21. The lowest BCUT2D eigenvalue weighted by atomic mass is 10.2. The van der Waals surface area contributed by atoms with Gasteiger partial charge in [-0.3, -0.25) is 10.1 Å². The first kappa shape index (κ1) is 22.0. The highest BCUT2D eigenvalue weighted by atomic mass is 35.5. The molecule has 1 fully saturated rings. The average Bonchev–Trinajstić information content (AvgIpc) is 3.42. The summed E-state index contributed by atoms with van der Waals surface area (Å²) in [6, 6.07) is 14.0. The molecule has 0 atom stereocenters. The van der Waals surface area contributed by atoms with Crippen LogP contribution in [0.15, 0.2) is 52.9 Å². The van der Waals surface area contributed by atoms with Gasteiger partial charge in [-0.15, -0.1) is 0 Å². The van der Waals surface area contributed by atoms with Crippen molar-refractivity contribution in [1.29, 1.82) is 0 Å². The SMILES string of the molecule is O=C(NC(=S)Nc1ccc(N2CCCC2)c(Cl)c1)c1ccc(-c2ccc(Cl)c(Cl)c2)o1. The van der Waals surface area contributed by atoms with Gasteiger partial charge in [-0.1, -0.05) is 34.8 Å². The van der Waals surface area contributed by atoms with E-state index in [1.54, 1.807) is 36.4 Å². The number of nitrogens with one attached hydrogen (secondary N) is 2. The summed E-state index contributed by atoms with van der Waals surface area (Å²) in [5.41, 5.74) is 2.40. The molecule has 2 heterocycles. The van der Waals surface area contributed by atoms with Gasteiger partial charge in [0.1, 0.15) is 5.76 Å². The molecule has 5 nitrogen and oxygen atoms in total. The van der Waals surface area contributed by atoms with Crippen molar-refractivity contribution in [2.24, 2.45) is 0 Å². The molecule has 3 aromatic rings. The summed E-state index contributed by atoms with van der Waals surface area (Å²) in [7, 11) is 0. The summed E-state index contributed by atoms with van der Waals surface area (Å²) in [6.07, 6.45) is 2.35. The van der Waals surface area contributed by atoms with Crippen LogP contribution in [0.5, 0.6) is 0 Å². The van der Waals surface area contributed by atoms with Crippen LogP contribution in [0, 0.1) is 0 Å². The molecular weight excluding hydrogens is 477 g/mol.